The highest BCUT2D eigenvalue weighted by molar-refractivity contribution is 6.21. The van der Waals surface area contributed by atoms with Crippen molar-refractivity contribution in [3.8, 4) is 23.0 Å². The van der Waals surface area contributed by atoms with Crippen molar-refractivity contribution in [2.75, 3.05) is 40.5 Å². The summed E-state index contributed by atoms with van der Waals surface area (Å²) in [5.74, 6) is -0.000655. The van der Waals surface area contributed by atoms with Gasteiger partial charge in [-0.15, -0.1) is 0 Å². The third-order valence-corrected chi connectivity index (χ3v) is 10.7. The Kier molecular flexibility index (Phi) is 14.1. The number of allylic oxidation sites excluding steroid dienone is 4. The van der Waals surface area contributed by atoms with E-state index in [9.17, 15) is 29.1 Å². The number of benzene rings is 4. The second kappa shape index (κ2) is 19.6. The van der Waals surface area contributed by atoms with Gasteiger partial charge in [0.15, 0.2) is 17.8 Å². The Balaban J connectivity index is 1.25. The van der Waals surface area contributed by atoms with Gasteiger partial charge < -0.3 is 28.6 Å². The molecule has 12 heteroatoms. The second-order valence-corrected chi connectivity index (χ2v) is 15.6. The number of amides is 3. The number of ether oxygens (including phenoxy) is 3. The minimum atomic E-state index is -0.425. The summed E-state index contributed by atoms with van der Waals surface area (Å²) < 4.78 is 24.9. The van der Waals surface area contributed by atoms with Crippen LogP contribution in [0.5, 0.6) is 23.0 Å². The van der Waals surface area contributed by atoms with Crippen molar-refractivity contribution in [3.63, 3.8) is 0 Å². The van der Waals surface area contributed by atoms with Crippen molar-refractivity contribution in [2.45, 2.75) is 66.2 Å². The number of phenolic OH excluding ortho intramolecular Hbond substituents is 1. The molecule has 318 valence electrons. The standard InChI is InChI=1S/C49H52N2O10/c1-30(2)19-21-36-38(59-25-13-11-23-50(5)47(55)33-16-8-7-15-32(33)29-52)27-40-43(44(36)53)45(54)42-37(22-20-31(3)4)46(58-6)41(28-39(42)61-40)60-26-14-12-24-51-48(56)34-17-9-10-18-35(34)49(51)57/h7-10,15-20,27-29,53H,11-14,21-26H2,1-6H3. The van der Waals surface area contributed by atoms with Gasteiger partial charge in [-0.2, -0.15) is 0 Å². The van der Waals surface area contributed by atoms with Crippen LogP contribution in [0.1, 0.15) is 106 Å². The van der Waals surface area contributed by atoms with Gasteiger partial charge in [-0.1, -0.05) is 53.6 Å². The largest absolute Gasteiger partial charge is 0.507 e. The molecule has 3 amide bonds. The molecule has 61 heavy (non-hydrogen) atoms. The summed E-state index contributed by atoms with van der Waals surface area (Å²) in [4.78, 5) is 67.6. The summed E-state index contributed by atoms with van der Waals surface area (Å²) in [5, 5.41) is 12.1. The quantitative estimate of drug-likeness (QED) is 0.0281. The lowest BCUT2D eigenvalue weighted by atomic mass is 9.98. The molecule has 0 atom stereocenters. The van der Waals surface area contributed by atoms with Crippen molar-refractivity contribution in [1.82, 2.24) is 9.80 Å². The molecule has 1 aliphatic heterocycles. The number of nitrogens with zero attached hydrogens (tertiary/aromatic N) is 2. The first-order chi connectivity index (χ1) is 29.4. The van der Waals surface area contributed by atoms with Crippen molar-refractivity contribution in [3.05, 3.63) is 128 Å². The minimum Gasteiger partial charge on any atom is -0.507 e. The zero-order valence-electron chi connectivity index (χ0n) is 35.6. The number of carbonyl (C=O) groups excluding carboxylic acids is 4. The van der Waals surface area contributed by atoms with Gasteiger partial charge in [0.05, 0.1) is 42.4 Å². The smallest absolute Gasteiger partial charge is 0.261 e. The highest BCUT2D eigenvalue weighted by Gasteiger charge is 2.34. The Bertz CT molecular complexity index is 2580. The summed E-state index contributed by atoms with van der Waals surface area (Å²) in [6.45, 7) is 8.96. The van der Waals surface area contributed by atoms with E-state index in [1.807, 2.05) is 39.8 Å². The normalized spacial score (nSPS) is 12.1. The minimum absolute atomic E-state index is 0.0232. The summed E-state index contributed by atoms with van der Waals surface area (Å²) in [5.41, 5.74) is 4.48. The third kappa shape index (κ3) is 9.54. The highest BCUT2D eigenvalue weighted by atomic mass is 16.5. The number of aromatic hydroxyl groups is 1. The van der Waals surface area contributed by atoms with Gasteiger partial charge in [-0.25, -0.2) is 0 Å². The maximum absolute atomic E-state index is 14.6. The number of fused-ring (bicyclic) bond motifs is 3. The maximum atomic E-state index is 14.6. The highest BCUT2D eigenvalue weighted by Crippen LogP contribution is 2.42. The maximum Gasteiger partial charge on any atom is 0.261 e. The molecule has 5 aromatic rings. The summed E-state index contributed by atoms with van der Waals surface area (Å²) in [7, 11) is 3.20. The van der Waals surface area contributed by atoms with Gasteiger partial charge in [-0.3, -0.25) is 28.9 Å². The molecule has 0 radical (unpaired) electrons. The molecule has 0 bridgehead atoms. The van der Waals surface area contributed by atoms with E-state index in [2.05, 4.69) is 0 Å². The summed E-state index contributed by atoms with van der Waals surface area (Å²) in [6, 6.07) is 16.7. The number of carbonyl (C=O) groups is 4. The van der Waals surface area contributed by atoms with Crippen molar-refractivity contribution in [2.24, 2.45) is 0 Å². The monoisotopic (exact) mass is 828 g/mol. The van der Waals surface area contributed by atoms with Gasteiger partial charge in [0.2, 0.25) is 5.43 Å². The van der Waals surface area contributed by atoms with E-state index in [1.54, 1.807) is 72.6 Å². The Morgan fingerprint density at radius 1 is 0.770 bits per heavy atom. The SMILES string of the molecule is COc1c(OCCCCN2C(=O)c3ccccc3C2=O)cc2oc3cc(OCCCCN(C)C(=O)c4ccccc4C=O)c(CC=C(C)C)c(O)c3c(=O)c2c1CC=C(C)C. The van der Waals surface area contributed by atoms with Crippen molar-refractivity contribution >= 4 is 45.9 Å². The van der Waals surface area contributed by atoms with E-state index in [0.29, 0.717) is 102 Å². The fraction of sp³-hybridized carbons (Fsp3) is 0.327. The van der Waals surface area contributed by atoms with Crippen LogP contribution in [0.3, 0.4) is 0 Å². The Labute approximate surface area is 355 Å². The van der Waals surface area contributed by atoms with Crippen LogP contribution < -0.4 is 19.6 Å². The number of rotatable bonds is 19. The van der Waals surface area contributed by atoms with Crippen molar-refractivity contribution in [1.29, 1.82) is 0 Å². The molecule has 0 aliphatic carbocycles. The topological polar surface area (TPSA) is 153 Å². The van der Waals surface area contributed by atoms with Gasteiger partial charge in [-0.05, 0) is 84.4 Å². The number of phenols is 1. The molecule has 4 aromatic carbocycles. The summed E-state index contributed by atoms with van der Waals surface area (Å²) in [6.07, 6.45) is 7.43. The van der Waals surface area contributed by atoms with Crippen LogP contribution in [0.2, 0.25) is 0 Å². The molecular formula is C49H52N2O10. The first-order valence-electron chi connectivity index (χ1n) is 20.5. The molecule has 0 saturated heterocycles. The molecule has 0 unspecified atom stereocenters. The Morgan fingerprint density at radius 2 is 1.34 bits per heavy atom. The van der Waals surface area contributed by atoms with Gasteiger partial charge in [0.1, 0.15) is 28.1 Å². The van der Waals surface area contributed by atoms with E-state index in [0.717, 1.165) is 11.1 Å². The van der Waals surface area contributed by atoms with Crippen LogP contribution in [0, 0.1) is 0 Å². The lowest BCUT2D eigenvalue weighted by molar-refractivity contribution is 0.0648. The van der Waals surface area contributed by atoms with Crippen LogP contribution >= 0.6 is 0 Å². The Morgan fingerprint density at radius 3 is 1.98 bits per heavy atom. The van der Waals surface area contributed by atoms with E-state index in [-0.39, 0.29) is 65.2 Å². The van der Waals surface area contributed by atoms with E-state index in [4.69, 9.17) is 18.6 Å². The molecule has 0 saturated carbocycles. The average Bonchev–Trinajstić information content (AvgIpc) is 3.48. The lowest BCUT2D eigenvalue weighted by Crippen LogP contribution is -2.30. The zero-order valence-corrected chi connectivity index (χ0v) is 35.6. The van der Waals surface area contributed by atoms with Crippen LogP contribution in [0.25, 0.3) is 21.9 Å². The van der Waals surface area contributed by atoms with E-state index < -0.39 is 5.43 Å². The first kappa shape index (κ1) is 43.9. The fourth-order valence-corrected chi connectivity index (χ4v) is 7.40. The van der Waals surface area contributed by atoms with E-state index in [1.165, 1.54) is 12.0 Å². The molecule has 2 heterocycles. The molecule has 0 spiro atoms. The molecule has 1 N–H and O–H groups in total. The molecule has 1 aromatic heterocycles. The number of unbranched alkanes of at least 4 members (excludes halogenated alkanes) is 2. The Hall–Kier alpha value is -6.69. The molecule has 1 aliphatic rings. The second-order valence-electron chi connectivity index (χ2n) is 15.6. The average molecular weight is 829 g/mol. The molecule has 12 nitrogen and oxygen atoms in total. The number of hydrogen-bond donors (Lipinski definition) is 1. The third-order valence-electron chi connectivity index (χ3n) is 10.7. The summed E-state index contributed by atoms with van der Waals surface area (Å²) >= 11 is 0. The number of imide groups is 1. The van der Waals surface area contributed by atoms with Crippen LogP contribution in [-0.4, -0.2) is 79.4 Å². The van der Waals surface area contributed by atoms with E-state index >= 15 is 0 Å². The first-order valence-corrected chi connectivity index (χ1v) is 20.5. The van der Waals surface area contributed by atoms with Crippen molar-refractivity contribution < 1.29 is 42.9 Å². The lowest BCUT2D eigenvalue weighted by Gasteiger charge is -2.19. The molecular weight excluding hydrogens is 777 g/mol. The number of methoxy groups -OCH3 is 1. The van der Waals surface area contributed by atoms with Gasteiger partial charge in [0, 0.05) is 49.0 Å². The van der Waals surface area contributed by atoms with Crippen LogP contribution in [0.15, 0.2) is 93.2 Å². The number of aldehydes is 1. The zero-order chi connectivity index (χ0) is 43.8. The fourth-order valence-electron chi connectivity index (χ4n) is 7.40. The molecule has 6 rings (SSSR count). The van der Waals surface area contributed by atoms with Crippen LogP contribution in [-0.2, 0) is 12.8 Å². The molecule has 0 fully saturated rings. The predicted octanol–water partition coefficient (Wildman–Crippen LogP) is 8.88. The number of hydrogen-bond acceptors (Lipinski definition) is 10. The van der Waals surface area contributed by atoms with Gasteiger partial charge >= 0.3 is 0 Å². The van der Waals surface area contributed by atoms with Crippen LogP contribution in [0.4, 0.5) is 0 Å². The van der Waals surface area contributed by atoms with Gasteiger partial charge in [0.25, 0.3) is 17.7 Å². The predicted molar refractivity (Wildman–Crippen MR) is 235 cm³/mol.